The van der Waals surface area contributed by atoms with Gasteiger partial charge in [-0.05, 0) is 26.0 Å². The summed E-state index contributed by atoms with van der Waals surface area (Å²) in [6.07, 6.45) is 0.453. The molecule has 2 atom stereocenters. The molecule has 0 spiro atoms. The fourth-order valence-electron chi connectivity index (χ4n) is 3.40. The molecule has 24 heavy (non-hydrogen) atoms. The average molecular weight is 330 g/mol. The molecule has 0 radical (unpaired) electrons. The van der Waals surface area contributed by atoms with E-state index in [0.29, 0.717) is 11.4 Å². The van der Waals surface area contributed by atoms with Gasteiger partial charge in [0.1, 0.15) is 5.82 Å². The van der Waals surface area contributed by atoms with Crippen LogP contribution in [0.2, 0.25) is 0 Å². The number of nitrogens with zero attached hydrogens (tertiary/aromatic N) is 3. The molecule has 1 aliphatic heterocycles. The summed E-state index contributed by atoms with van der Waals surface area (Å²) in [4.78, 5) is 24.3. The van der Waals surface area contributed by atoms with Gasteiger partial charge < -0.3 is 15.0 Å². The summed E-state index contributed by atoms with van der Waals surface area (Å²) in [7, 11) is 0. The molecule has 0 bridgehead atoms. The van der Waals surface area contributed by atoms with Gasteiger partial charge in [0.15, 0.2) is 0 Å². The van der Waals surface area contributed by atoms with Crippen molar-refractivity contribution in [2.24, 2.45) is 0 Å². The first-order chi connectivity index (χ1) is 11.5. The maximum atomic E-state index is 12.1. The lowest BCUT2D eigenvalue weighted by molar-refractivity contribution is 0.0455. The minimum Gasteiger partial charge on any atom is -0.392 e. The summed E-state index contributed by atoms with van der Waals surface area (Å²) in [5, 5.41) is 10.2. The average Bonchev–Trinajstić information content (AvgIpc) is 2.55. The highest BCUT2D eigenvalue weighted by Crippen LogP contribution is 2.11. The number of benzene rings is 1. The molecule has 1 aromatic carbocycles. The molecule has 1 aliphatic rings. The minimum absolute atomic E-state index is 0.0641. The monoisotopic (exact) mass is 330 g/mol. The Kier molecular flexibility index (Phi) is 5.28. The van der Waals surface area contributed by atoms with Crippen LogP contribution in [-0.4, -0.2) is 69.7 Å². The molecule has 2 N–H and O–H groups in total. The zero-order chi connectivity index (χ0) is 17.1. The number of fused-ring (bicyclic) bond motifs is 1. The van der Waals surface area contributed by atoms with E-state index >= 15 is 0 Å². The maximum absolute atomic E-state index is 12.1. The molecular weight excluding hydrogens is 304 g/mol. The van der Waals surface area contributed by atoms with Crippen molar-refractivity contribution < 1.29 is 5.11 Å². The summed E-state index contributed by atoms with van der Waals surface area (Å²) >= 11 is 0. The normalized spacial score (nSPS) is 21.2. The number of hydrogen-bond acceptors (Lipinski definition) is 5. The first-order valence-corrected chi connectivity index (χ1v) is 8.65. The lowest BCUT2D eigenvalue weighted by Crippen LogP contribution is -2.53. The van der Waals surface area contributed by atoms with E-state index in [4.69, 9.17) is 0 Å². The van der Waals surface area contributed by atoms with Crippen LogP contribution < -0.4 is 5.56 Å². The number of aliphatic hydroxyl groups is 1. The second-order valence-corrected chi connectivity index (χ2v) is 6.77. The van der Waals surface area contributed by atoms with E-state index in [1.165, 1.54) is 0 Å². The molecule has 0 saturated carbocycles. The Morgan fingerprint density at radius 2 is 2.17 bits per heavy atom. The van der Waals surface area contributed by atoms with E-state index < -0.39 is 0 Å². The molecule has 0 aliphatic carbocycles. The Morgan fingerprint density at radius 1 is 1.38 bits per heavy atom. The van der Waals surface area contributed by atoms with Gasteiger partial charge in [0, 0.05) is 45.2 Å². The number of nitrogens with one attached hydrogen (secondary N) is 1. The molecule has 6 nitrogen and oxygen atoms in total. The van der Waals surface area contributed by atoms with Gasteiger partial charge in [0.05, 0.1) is 17.0 Å². The van der Waals surface area contributed by atoms with Gasteiger partial charge in [-0.1, -0.05) is 12.1 Å². The lowest BCUT2D eigenvalue weighted by Gasteiger charge is -2.40. The minimum atomic E-state index is -0.286. The molecule has 1 aromatic heterocycles. The Bertz CT molecular complexity index is 743. The van der Waals surface area contributed by atoms with Gasteiger partial charge >= 0.3 is 0 Å². The van der Waals surface area contributed by atoms with E-state index in [2.05, 4.69) is 26.7 Å². The van der Waals surface area contributed by atoms with Crippen LogP contribution in [0.15, 0.2) is 29.1 Å². The Morgan fingerprint density at radius 3 is 2.92 bits per heavy atom. The number of β-amino-alcohol motifs (C(OH)–C–C–N with tert-alkyl or cyclic N) is 1. The fourth-order valence-corrected chi connectivity index (χ4v) is 3.40. The molecule has 1 fully saturated rings. The van der Waals surface area contributed by atoms with Crippen LogP contribution in [0, 0.1) is 0 Å². The number of aliphatic hydroxyl groups excluding tert-OH is 1. The number of para-hydroxylation sites is 1. The molecule has 2 aromatic rings. The number of aromatic amines is 1. The third-order valence-corrected chi connectivity index (χ3v) is 4.67. The van der Waals surface area contributed by atoms with Crippen molar-refractivity contribution in [2.75, 3.05) is 32.7 Å². The van der Waals surface area contributed by atoms with Crippen LogP contribution in [0.1, 0.15) is 19.7 Å². The Balaban J connectivity index is 1.60. The molecule has 1 saturated heterocycles. The van der Waals surface area contributed by atoms with E-state index in [1.54, 1.807) is 6.07 Å². The van der Waals surface area contributed by atoms with E-state index in [1.807, 2.05) is 25.1 Å². The topological polar surface area (TPSA) is 72.5 Å². The number of hydrogen-bond donors (Lipinski definition) is 2. The number of aromatic nitrogens is 2. The third-order valence-electron chi connectivity index (χ3n) is 4.67. The van der Waals surface area contributed by atoms with Crippen LogP contribution >= 0.6 is 0 Å². The standard InChI is InChI=1S/C18H26N4O2/c1-13-11-21(9-10-22(13)12-14(2)23)8-7-17-19-16-6-4-3-5-15(16)18(24)20-17/h3-6,13-14,23H,7-12H2,1-2H3,(H,19,20,24)/t13-,14+/m1/s1. The van der Waals surface area contributed by atoms with E-state index in [-0.39, 0.29) is 11.7 Å². The molecular formula is C18H26N4O2. The van der Waals surface area contributed by atoms with Crippen LogP contribution in [0.25, 0.3) is 10.9 Å². The highest BCUT2D eigenvalue weighted by atomic mass is 16.3. The van der Waals surface area contributed by atoms with Crippen molar-refractivity contribution >= 4 is 10.9 Å². The predicted octanol–water partition coefficient (Wildman–Crippen LogP) is 0.852. The van der Waals surface area contributed by atoms with Crippen molar-refractivity contribution in [1.29, 1.82) is 0 Å². The SMILES string of the molecule is C[C@H](O)CN1CCN(CCc2nc3ccccc3c(=O)[nH]2)C[C@H]1C. The molecule has 3 rings (SSSR count). The van der Waals surface area contributed by atoms with Crippen molar-refractivity contribution in [2.45, 2.75) is 32.4 Å². The first kappa shape index (κ1) is 17.1. The van der Waals surface area contributed by atoms with Gasteiger partial charge in [-0.3, -0.25) is 9.69 Å². The van der Waals surface area contributed by atoms with Crippen LogP contribution in [0.5, 0.6) is 0 Å². The van der Waals surface area contributed by atoms with Gasteiger partial charge in [0.25, 0.3) is 5.56 Å². The fraction of sp³-hybridized carbons (Fsp3) is 0.556. The zero-order valence-corrected chi connectivity index (χ0v) is 14.4. The number of piperazine rings is 1. The Hall–Kier alpha value is -1.76. The van der Waals surface area contributed by atoms with Gasteiger partial charge in [-0.15, -0.1) is 0 Å². The largest absolute Gasteiger partial charge is 0.392 e. The van der Waals surface area contributed by atoms with Gasteiger partial charge in [-0.25, -0.2) is 4.98 Å². The Labute approximate surface area is 142 Å². The van der Waals surface area contributed by atoms with Crippen molar-refractivity contribution in [3.8, 4) is 0 Å². The zero-order valence-electron chi connectivity index (χ0n) is 14.4. The van der Waals surface area contributed by atoms with Gasteiger partial charge in [-0.2, -0.15) is 0 Å². The molecule has 0 unspecified atom stereocenters. The van der Waals surface area contributed by atoms with Crippen molar-refractivity contribution in [1.82, 2.24) is 19.8 Å². The molecule has 130 valence electrons. The number of H-pyrrole nitrogens is 1. The summed E-state index contributed by atoms with van der Waals surface area (Å²) in [5.41, 5.74) is 0.692. The molecule has 2 heterocycles. The maximum Gasteiger partial charge on any atom is 0.258 e. The highest BCUT2D eigenvalue weighted by molar-refractivity contribution is 5.77. The first-order valence-electron chi connectivity index (χ1n) is 8.65. The summed E-state index contributed by atoms with van der Waals surface area (Å²) < 4.78 is 0. The van der Waals surface area contributed by atoms with Crippen LogP contribution in [0.4, 0.5) is 0 Å². The van der Waals surface area contributed by atoms with Crippen molar-refractivity contribution in [3.63, 3.8) is 0 Å². The molecule has 6 heteroatoms. The quantitative estimate of drug-likeness (QED) is 0.850. The summed E-state index contributed by atoms with van der Waals surface area (Å²) in [6.45, 7) is 8.57. The highest BCUT2D eigenvalue weighted by Gasteiger charge is 2.24. The summed E-state index contributed by atoms with van der Waals surface area (Å²) in [5.74, 6) is 0.748. The smallest absolute Gasteiger partial charge is 0.258 e. The van der Waals surface area contributed by atoms with Crippen LogP contribution in [0.3, 0.4) is 0 Å². The predicted molar refractivity (Wildman–Crippen MR) is 95.2 cm³/mol. The second kappa shape index (κ2) is 7.42. The molecule has 0 amide bonds. The van der Waals surface area contributed by atoms with E-state index in [0.717, 1.165) is 50.5 Å². The van der Waals surface area contributed by atoms with Gasteiger partial charge in [0.2, 0.25) is 0 Å². The lowest BCUT2D eigenvalue weighted by atomic mass is 10.1. The van der Waals surface area contributed by atoms with Crippen molar-refractivity contribution in [3.05, 3.63) is 40.4 Å². The van der Waals surface area contributed by atoms with E-state index in [9.17, 15) is 9.90 Å². The van der Waals surface area contributed by atoms with Crippen LogP contribution in [-0.2, 0) is 6.42 Å². The number of rotatable bonds is 5. The second-order valence-electron chi connectivity index (χ2n) is 6.77. The third kappa shape index (κ3) is 4.01. The summed E-state index contributed by atoms with van der Waals surface area (Å²) in [6, 6.07) is 7.87.